The van der Waals surface area contributed by atoms with Crippen molar-refractivity contribution < 1.29 is 15.7 Å². The Morgan fingerprint density at radius 1 is 1.44 bits per heavy atom. The van der Waals surface area contributed by atoms with Crippen molar-refractivity contribution in [3.8, 4) is 0 Å². The van der Waals surface area contributed by atoms with Gasteiger partial charge in [-0.05, 0) is 13.0 Å². The van der Waals surface area contributed by atoms with Crippen LogP contribution in [0.1, 0.15) is 19.8 Å². The van der Waals surface area contributed by atoms with Gasteiger partial charge in [-0.1, -0.05) is 6.92 Å². The summed E-state index contributed by atoms with van der Waals surface area (Å²) in [6, 6.07) is 0. The van der Waals surface area contributed by atoms with Gasteiger partial charge in [0.2, 0.25) is 0 Å². The van der Waals surface area contributed by atoms with Gasteiger partial charge in [-0.25, -0.2) is 0 Å². The molecule has 0 fully saturated rings. The Hall–Kier alpha value is -0.160. The second kappa shape index (κ2) is 4.69. The first-order valence-corrected chi connectivity index (χ1v) is 2.77. The van der Waals surface area contributed by atoms with E-state index in [0.29, 0.717) is 13.0 Å². The first kappa shape index (κ1) is 11.6. The zero-order valence-corrected chi connectivity index (χ0v) is 5.59. The Balaban J connectivity index is 0. The maximum atomic E-state index is 8.80. The molecule has 9 heavy (non-hydrogen) atoms. The van der Waals surface area contributed by atoms with Gasteiger partial charge < -0.3 is 21.4 Å². The van der Waals surface area contributed by atoms with Gasteiger partial charge in [-0.15, -0.1) is 0 Å². The lowest BCUT2D eigenvalue weighted by Crippen LogP contribution is -2.29. The smallest absolute Gasteiger partial charge is 0.163 e. The monoisotopic (exact) mass is 137 g/mol. The van der Waals surface area contributed by atoms with Crippen LogP contribution in [0.15, 0.2) is 0 Å². The fraction of sp³-hybridized carbons (Fsp3) is 1.00. The maximum absolute atomic E-state index is 8.80. The van der Waals surface area contributed by atoms with Gasteiger partial charge in [0.25, 0.3) is 0 Å². The molecule has 6 N–H and O–H groups in total. The van der Waals surface area contributed by atoms with Crippen LogP contribution in [0.2, 0.25) is 0 Å². The lowest BCUT2D eigenvalue weighted by atomic mass is 10.1. The normalized spacial score (nSPS) is 10.7. The lowest BCUT2D eigenvalue weighted by molar-refractivity contribution is -0.164. The van der Waals surface area contributed by atoms with Crippen molar-refractivity contribution in [3.63, 3.8) is 0 Å². The van der Waals surface area contributed by atoms with Gasteiger partial charge in [0.05, 0.1) is 0 Å². The summed E-state index contributed by atoms with van der Waals surface area (Å²) in [7, 11) is 0. The third kappa shape index (κ3) is 5.72. The van der Waals surface area contributed by atoms with E-state index >= 15 is 0 Å². The van der Waals surface area contributed by atoms with E-state index in [0.717, 1.165) is 0 Å². The molecule has 0 aliphatic heterocycles. The van der Waals surface area contributed by atoms with Crippen LogP contribution in [0.4, 0.5) is 0 Å². The summed E-state index contributed by atoms with van der Waals surface area (Å²) < 4.78 is 0. The van der Waals surface area contributed by atoms with E-state index in [1.54, 1.807) is 6.92 Å². The molecule has 0 aromatic heterocycles. The molecule has 4 nitrogen and oxygen atoms in total. The van der Waals surface area contributed by atoms with Crippen LogP contribution >= 0.6 is 0 Å². The predicted octanol–water partition coefficient (Wildman–Crippen LogP) is -1.40. The van der Waals surface area contributed by atoms with E-state index in [2.05, 4.69) is 0 Å². The van der Waals surface area contributed by atoms with Crippen LogP contribution in [0.25, 0.3) is 0 Å². The molecule has 0 aliphatic rings. The fourth-order valence-electron chi connectivity index (χ4n) is 0.408. The highest BCUT2D eigenvalue weighted by molar-refractivity contribution is 4.60. The Kier molecular flexibility index (Phi) is 6.06. The molecule has 0 saturated heterocycles. The molecule has 0 radical (unpaired) electrons. The molecular weight excluding hydrogens is 122 g/mol. The summed E-state index contributed by atoms with van der Waals surface area (Å²) >= 11 is 0. The van der Waals surface area contributed by atoms with Gasteiger partial charge in [0, 0.05) is 6.42 Å². The standard InChI is InChI=1S/C5H13NO2.H2O/c1-2-5(7,8)3-4-6;/h7-8H,2-4,6H2,1H3;1H2. The quantitative estimate of drug-likeness (QED) is 0.417. The van der Waals surface area contributed by atoms with E-state index < -0.39 is 5.79 Å². The summed E-state index contributed by atoms with van der Waals surface area (Å²) in [5, 5.41) is 17.6. The van der Waals surface area contributed by atoms with E-state index in [4.69, 9.17) is 15.9 Å². The van der Waals surface area contributed by atoms with Crippen molar-refractivity contribution in [2.45, 2.75) is 25.6 Å². The third-order valence-electron chi connectivity index (χ3n) is 1.11. The van der Waals surface area contributed by atoms with Crippen LogP contribution in [-0.4, -0.2) is 28.0 Å². The second-order valence-corrected chi connectivity index (χ2v) is 1.87. The van der Waals surface area contributed by atoms with Gasteiger partial charge in [-0.3, -0.25) is 0 Å². The van der Waals surface area contributed by atoms with E-state index in [1.165, 1.54) is 0 Å². The summed E-state index contributed by atoms with van der Waals surface area (Å²) in [5.41, 5.74) is 5.07. The highest BCUT2D eigenvalue weighted by Gasteiger charge is 2.17. The van der Waals surface area contributed by atoms with E-state index in [1.807, 2.05) is 0 Å². The molecule has 0 unspecified atom stereocenters. The molecule has 0 atom stereocenters. The summed E-state index contributed by atoms with van der Waals surface area (Å²) in [5.74, 6) is -1.53. The second-order valence-electron chi connectivity index (χ2n) is 1.87. The van der Waals surface area contributed by atoms with Crippen molar-refractivity contribution in [3.05, 3.63) is 0 Å². The molecule has 0 aromatic carbocycles. The number of nitrogens with two attached hydrogens (primary N) is 1. The van der Waals surface area contributed by atoms with Crippen LogP contribution in [0, 0.1) is 0 Å². The van der Waals surface area contributed by atoms with Crippen molar-refractivity contribution >= 4 is 0 Å². The Morgan fingerprint density at radius 3 is 2.00 bits per heavy atom. The third-order valence-corrected chi connectivity index (χ3v) is 1.11. The van der Waals surface area contributed by atoms with E-state index in [-0.39, 0.29) is 11.9 Å². The molecule has 0 amide bonds. The largest absolute Gasteiger partial charge is 0.412 e. The fourth-order valence-corrected chi connectivity index (χ4v) is 0.408. The zero-order valence-electron chi connectivity index (χ0n) is 5.59. The zero-order chi connectivity index (χ0) is 6.62. The van der Waals surface area contributed by atoms with Gasteiger partial charge in [0.15, 0.2) is 5.79 Å². The minimum absolute atomic E-state index is 0. The van der Waals surface area contributed by atoms with Crippen molar-refractivity contribution in [2.75, 3.05) is 6.54 Å². The Morgan fingerprint density at radius 2 is 1.89 bits per heavy atom. The predicted molar refractivity (Wildman–Crippen MR) is 34.7 cm³/mol. The molecule has 0 bridgehead atoms. The molecule has 0 spiro atoms. The van der Waals surface area contributed by atoms with Gasteiger partial charge in [0.1, 0.15) is 0 Å². The Labute approximate surface area is 54.6 Å². The highest BCUT2D eigenvalue weighted by atomic mass is 16.5. The summed E-state index contributed by atoms with van der Waals surface area (Å²) in [6.07, 6.45) is 0.591. The number of aliphatic hydroxyl groups is 2. The molecular formula is C5H15NO3. The lowest BCUT2D eigenvalue weighted by Gasteiger charge is -2.17. The maximum Gasteiger partial charge on any atom is 0.163 e. The number of rotatable bonds is 3. The molecule has 0 heterocycles. The van der Waals surface area contributed by atoms with Gasteiger partial charge in [-0.2, -0.15) is 0 Å². The van der Waals surface area contributed by atoms with Crippen LogP contribution in [-0.2, 0) is 0 Å². The number of hydrogen-bond donors (Lipinski definition) is 3. The van der Waals surface area contributed by atoms with Crippen molar-refractivity contribution in [1.82, 2.24) is 0 Å². The topological polar surface area (TPSA) is 98.0 Å². The number of hydrogen-bond acceptors (Lipinski definition) is 3. The average molecular weight is 137 g/mol. The average Bonchev–Trinajstić information content (AvgIpc) is 1.67. The molecule has 0 saturated carbocycles. The van der Waals surface area contributed by atoms with E-state index in [9.17, 15) is 0 Å². The molecule has 0 aromatic rings. The first-order chi connectivity index (χ1) is 3.62. The van der Waals surface area contributed by atoms with Crippen molar-refractivity contribution in [1.29, 1.82) is 0 Å². The Bertz CT molecular complexity index is 65.2. The minimum atomic E-state index is -1.53. The molecule has 4 heteroatoms. The van der Waals surface area contributed by atoms with Crippen LogP contribution < -0.4 is 5.73 Å². The minimum Gasteiger partial charge on any atom is -0.412 e. The molecule has 0 aliphatic carbocycles. The molecule has 0 rings (SSSR count). The van der Waals surface area contributed by atoms with Crippen LogP contribution in [0.5, 0.6) is 0 Å². The highest BCUT2D eigenvalue weighted by Crippen LogP contribution is 2.07. The molecule has 58 valence electrons. The van der Waals surface area contributed by atoms with Gasteiger partial charge >= 0.3 is 0 Å². The summed E-state index contributed by atoms with van der Waals surface area (Å²) in [4.78, 5) is 0. The van der Waals surface area contributed by atoms with Crippen molar-refractivity contribution in [2.24, 2.45) is 5.73 Å². The SMILES string of the molecule is CCC(O)(O)CCN.O. The summed E-state index contributed by atoms with van der Waals surface area (Å²) in [6.45, 7) is 2.02. The van der Waals surface area contributed by atoms with Crippen LogP contribution in [0.3, 0.4) is 0 Å². The first-order valence-electron chi connectivity index (χ1n) is 2.77.